The smallest absolute Gasteiger partial charge is 0.245 e. The Morgan fingerprint density at radius 1 is 1.23 bits per heavy atom. The van der Waals surface area contributed by atoms with Crippen LogP contribution in [0, 0.1) is 0 Å². The summed E-state index contributed by atoms with van der Waals surface area (Å²) in [6.07, 6.45) is 0.638. The largest absolute Gasteiger partial charge is 0.342 e. The predicted octanol–water partition coefficient (Wildman–Crippen LogP) is 1.73. The Kier molecular flexibility index (Phi) is 4.74. The van der Waals surface area contributed by atoms with Gasteiger partial charge < -0.3 is 10.2 Å². The molecular weight excluding hydrogens is 348 g/mol. The molecule has 2 atom stereocenters. The zero-order valence-corrected chi connectivity index (χ0v) is 15.5. The molecule has 0 spiro atoms. The molecule has 4 rings (SSSR count). The molecule has 3 heterocycles. The van der Waals surface area contributed by atoms with E-state index in [9.17, 15) is 9.59 Å². The maximum absolute atomic E-state index is 12.4. The minimum absolute atomic E-state index is 0.0368. The van der Waals surface area contributed by atoms with E-state index in [4.69, 9.17) is 4.98 Å². The number of piperazine rings is 2. The molecule has 136 valence electrons. The number of rotatable bonds is 4. The van der Waals surface area contributed by atoms with Crippen molar-refractivity contribution < 1.29 is 9.59 Å². The zero-order chi connectivity index (χ0) is 18.1. The first-order chi connectivity index (χ1) is 12.7. The molecule has 26 heavy (non-hydrogen) atoms. The molecule has 2 amide bonds. The number of aromatic nitrogens is 1. The van der Waals surface area contributed by atoms with Crippen LogP contribution in [0.3, 0.4) is 0 Å². The Hall–Kier alpha value is -2.25. The third-order valence-electron chi connectivity index (χ3n) is 5.05. The first kappa shape index (κ1) is 17.2. The van der Waals surface area contributed by atoms with E-state index in [0.29, 0.717) is 26.1 Å². The summed E-state index contributed by atoms with van der Waals surface area (Å²) in [7, 11) is 0. The van der Waals surface area contributed by atoms with Crippen molar-refractivity contribution in [3.05, 3.63) is 40.7 Å². The van der Waals surface area contributed by atoms with E-state index in [1.165, 1.54) is 0 Å². The molecular formula is C19H22N4O2S. The number of fused-ring (bicyclic) bond motifs is 1. The van der Waals surface area contributed by atoms with Gasteiger partial charge in [0, 0.05) is 30.6 Å². The monoisotopic (exact) mass is 370 g/mol. The van der Waals surface area contributed by atoms with Crippen molar-refractivity contribution in [3.8, 4) is 11.3 Å². The molecule has 2 saturated heterocycles. The van der Waals surface area contributed by atoms with Gasteiger partial charge in [-0.2, -0.15) is 0 Å². The van der Waals surface area contributed by atoms with E-state index in [-0.39, 0.29) is 23.9 Å². The summed E-state index contributed by atoms with van der Waals surface area (Å²) in [6.45, 7) is 4.57. The first-order valence-electron chi connectivity index (χ1n) is 8.98. The third-order valence-corrected chi connectivity index (χ3v) is 5.89. The average molecular weight is 370 g/mol. The molecule has 1 aromatic heterocycles. The van der Waals surface area contributed by atoms with Crippen LogP contribution in [0.15, 0.2) is 35.7 Å². The normalized spacial score (nSPS) is 23.7. The molecule has 0 bridgehead atoms. The van der Waals surface area contributed by atoms with E-state index in [0.717, 1.165) is 22.8 Å². The number of nitrogens with one attached hydrogen (secondary N) is 1. The summed E-state index contributed by atoms with van der Waals surface area (Å²) in [5, 5.41) is 5.96. The molecule has 2 aliphatic rings. The molecule has 0 aliphatic carbocycles. The van der Waals surface area contributed by atoms with E-state index in [1.54, 1.807) is 16.2 Å². The van der Waals surface area contributed by atoms with Crippen LogP contribution in [0.25, 0.3) is 11.3 Å². The van der Waals surface area contributed by atoms with Crippen LogP contribution in [0.1, 0.15) is 18.4 Å². The SMILES string of the molecule is CC[C@@H]1NC(=O)[C@H]2CN(Cc3nc(-c4ccccc4)cs3)CCN2C1=O. The lowest BCUT2D eigenvalue weighted by molar-refractivity contribution is -0.153. The van der Waals surface area contributed by atoms with Crippen molar-refractivity contribution in [2.75, 3.05) is 19.6 Å². The fraction of sp³-hybridized carbons (Fsp3) is 0.421. The highest BCUT2D eigenvalue weighted by molar-refractivity contribution is 7.09. The zero-order valence-electron chi connectivity index (χ0n) is 14.7. The van der Waals surface area contributed by atoms with Crippen LogP contribution in [0.5, 0.6) is 0 Å². The lowest BCUT2D eigenvalue weighted by Crippen LogP contribution is -2.68. The Labute approximate surface area is 156 Å². The summed E-state index contributed by atoms with van der Waals surface area (Å²) in [6, 6.07) is 9.38. The summed E-state index contributed by atoms with van der Waals surface area (Å²) in [5.74, 6) is 0.0163. The van der Waals surface area contributed by atoms with Crippen LogP contribution in [-0.4, -0.2) is 58.3 Å². The molecule has 6 nitrogen and oxygen atoms in total. The number of hydrogen-bond acceptors (Lipinski definition) is 5. The third kappa shape index (κ3) is 3.24. The summed E-state index contributed by atoms with van der Waals surface area (Å²) >= 11 is 1.64. The van der Waals surface area contributed by atoms with Crippen LogP contribution < -0.4 is 5.32 Å². The van der Waals surface area contributed by atoms with Gasteiger partial charge in [0.05, 0.1) is 12.2 Å². The van der Waals surface area contributed by atoms with Gasteiger partial charge in [0.1, 0.15) is 17.1 Å². The fourth-order valence-electron chi connectivity index (χ4n) is 3.59. The van der Waals surface area contributed by atoms with E-state index < -0.39 is 0 Å². The lowest BCUT2D eigenvalue weighted by atomic mass is 10.0. The molecule has 7 heteroatoms. The maximum atomic E-state index is 12.4. The highest BCUT2D eigenvalue weighted by Crippen LogP contribution is 2.24. The highest BCUT2D eigenvalue weighted by Gasteiger charge is 2.42. The van der Waals surface area contributed by atoms with Gasteiger partial charge in [0.25, 0.3) is 0 Å². The Bertz CT molecular complexity index is 807. The van der Waals surface area contributed by atoms with Crippen LogP contribution in [0.4, 0.5) is 0 Å². The molecule has 2 aromatic rings. The second-order valence-corrected chi connectivity index (χ2v) is 7.69. The van der Waals surface area contributed by atoms with Crippen molar-refractivity contribution in [1.29, 1.82) is 0 Å². The average Bonchev–Trinajstić information content (AvgIpc) is 3.14. The molecule has 1 N–H and O–H groups in total. The number of hydrogen-bond donors (Lipinski definition) is 1. The topological polar surface area (TPSA) is 65.5 Å². The standard InChI is InChI=1S/C19H22N4O2S/c1-2-14-19(25)23-9-8-22(10-16(23)18(24)21-14)11-17-20-15(12-26-17)13-6-4-3-5-7-13/h3-7,12,14,16H,2,8-11H2,1H3,(H,21,24)/t14-,16+/m0/s1. The second kappa shape index (κ2) is 7.17. The molecule has 0 radical (unpaired) electrons. The lowest BCUT2D eigenvalue weighted by Gasteiger charge is -2.45. The predicted molar refractivity (Wildman–Crippen MR) is 101 cm³/mol. The Balaban J connectivity index is 1.43. The van der Waals surface area contributed by atoms with Crippen molar-refractivity contribution in [2.45, 2.75) is 32.0 Å². The molecule has 2 aliphatic heterocycles. The van der Waals surface area contributed by atoms with Crippen molar-refractivity contribution >= 4 is 23.2 Å². The number of benzene rings is 1. The van der Waals surface area contributed by atoms with Gasteiger partial charge >= 0.3 is 0 Å². The van der Waals surface area contributed by atoms with Crippen molar-refractivity contribution in [3.63, 3.8) is 0 Å². The summed E-state index contributed by atoms with van der Waals surface area (Å²) in [4.78, 5) is 33.5. The van der Waals surface area contributed by atoms with Gasteiger partial charge in [-0.1, -0.05) is 37.3 Å². The van der Waals surface area contributed by atoms with Crippen LogP contribution in [-0.2, 0) is 16.1 Å². The van der Waals surface area contributed by atoms with Crippen LogP contribution >= 0.6 is 11.3 Å². The summed E-state index contributed by atoms with van der Waals surface area (Å²) in [5.41, 5.74) is 2.10. The molecule has 2 fully saturated rings. The van der Waals surface area contributed by atoms with Crippen molar-refractivity contribution in [2.24, 2.45) is 0 Å². The number of carbonyl (C=O) groups is 2. The molecule has 1 aromatic carbocycles. The van der Waals surface area contributed by atoms with E-state index in [1.807, 2.05) is 25.1 Å². The highest BCUT2D eigenvalue weighted by atomic mass is 32.1. The van der Waals surface area contributed by atoms with Crippen molar-refractivity contribution in [1.82, 2.24) is 20.1 Å². The van der Waals surface area contributed by atoms with Gasteiger partial charge in [0.2, 0.25) is 11.8 Å². The molecule has 0 saturated carbocycles. The van der Waals surface area contributed by atoms with Crippen LogP contribution in [0.2, 0.25) is 0 Å². The van der Waals surface area contributed by atoms with Gasteiger partial charge in [-0.15, -0.1) is 11.3 Å². The quantitative estimate of drug-likeness (QED) is 0.890. The molecule has 0 unspecified atom stereocenters. The number of nitrogens with zero attached hydrogens (tertiary/aromatic N) is 3. The fourth-order valence-corrected chi connectivity index (χ4v) is 4.44. The van der Waals surface area contributed by atoms with E-state index in [2.05, 4.69) is 27.7 Å². The first-order valence-corrected chi connectivity index (χ1v) is 9.86. The van der Waals surface area contributed by atoms with Gasteiger partial charge in [0.15, 0.2) is 0 Å². The second-order valence-electron chi connectivity index (χ2n) is 6.74. The van der Waals surface area contributed by atoms with Gasteiger partial charge in [-0.05, 0) is 6.42 Å². The Morgan fingerprint density at radius 3 is 2.81 bits per heavy atom. The minimum Gasteiger partial charge on any atom is -0.342 e. The number of carbonyl (C=O) groups excluding carboxylic acids is 2. The van der Waals surface area contributed by atoms with E-state index >= 15 is 0 Å². The Morgan fingerprint density at radius 2 is 2.04 bits per heavy atom. The van der Waals surface area contributed by atoms with Gasteiger partial charge in [-0.25, -0.2) is 4.98 Å². The van der Waals surface area contributed by atoms with Gasteiger partial charge in [-0.3, -0.25) is 14.5 Å². The number of thiazole rings is 1. The summed E-state index contributed by atoms with van der Waals surface area (Å²) < 4.78 is 0. The maximum Gasteiger partial charge on any atom is 0.245 e. The number of amides is 2. The minimum atomic E-state index is -0.382.